The van der Waals surface area contributed by atoms with Crippen molar-refractivity contribution in [2.45, 2.75) is 13.5 Å². The molecule has 0 saturated heterocycles. The molecule has 0 bridgehead atoms. The molecule has 0 spiro atoms. The van der Waals surface area contributed by atoms with E-state index in [4.69, 9.17) is 5.11 Å². The van der Waals surface area contributed by atoms with E-state index in [1.165, 1.54) is 0 Å². The van der Waals surface area contributed by atoms with Crippen LogP contribution in [-0.4, -0.2) is 20.9 Å². The molecular weight excluding hydrogens is 216 g/mol. The van der Waals surface area contributed by atoms with Gasteiger partial charge in [0, 0.05) is 11.8 Å². The summed E-state index contributed by atoms with van der Waals surface area (Å²) >= 11 is 0. The maximum atomic E-state index is 10.7. The van der Waals surface area contributed by atoms with Crippen molar-refractivity contribution >= 4 is 5.97 Å². The third-order valence-corrected chi connectivity index (χ3v) is 2.62. The first-order chi connectivity index (χ1) is 8.16. The summed E-state index contributed by atoms with van der Waals surface area (Å²) in [5, 5.41) is 13.0. The second-order valence-electron chi connectivity index (χ2n) is 4.06. The van der Waals surface area contributed by atoms with Gasteiger partial charge >= 0.3 is 5.97 Å². The lowest BCUT2D eigenvalue weighted by Crippen LogP contribution is -2.16. The fourth-order valence-electron chi connectivity index (χ4n) is 1.60. The smallest absolute Gasteiger partial charge is 0.308 e. The van der Waals surface area contributed by atoms with E-state index in [1.807, 2.05) is 36.5 Å². The fraction of sp³-hybridized carbons (Fsp3) is 0.231. The minimum absolute atomic E-state index is 0.391. The predicted octanol–water partition coefficient (Wildman–Crippen LogP) is 2.27. The van der Waals surface area contributed by atoms with Crippen LogP contribution in [0.2, 0.25) is 0 Å². The van der Waals surface area contributed by atoms with Crippen molar-refractivity contribution in [1.29, 1.82) is 0 Å². The second kappa shape index (κ2) is 4.82. The highest BCUT2D eigenvalue weighted by Gasteiger charge is 2.12. The van der Waals surface area contributed by atoms with Crippen LogP contribution in [0, 0.1) is 5.92 Å². The summed E-state index contributed by atoms with van der Waals surface area (Å²) in [7, 11) is 0. The largest absolute Gasteiger partial charge is 0.481 e. The Labute approximate surface area is 99.5 Å². The van der Waals surface area contributed by atoms with Gasteiger partial charge in [-0.1, -0.05) is 37.3 Å². The summed E-state index contributed by atoms with van der Waals surface area (Å²) in [5.41, 5.74) is 2.09. The van der Waals surface area contributed by atoms with Crippen LogP contribution in [0.3, 0.4) is 0 Å². The Morgan fingerprint density at radius 3 is 2.71 bits per heavy atom. The van der Waals surface area contributed by atoms with Gasteiger partial charge in [0.2, 0.25) is 0 Å². The zero-order valence-corrected chi connectivity index (χ0v) is 9.58. The molecule has 0 aliphatic heterocycles. The van der Waals surface area contributed by atoms with Crippen molar-refractivity contribution in [1.82, 2.24) is 9.78 Å². The molecule has 0 aliphatic rings. The van der Waals surface area contributed by atoms with Crippen LogP contribution >= 0.6 is 0 Å². The number of hydrogen-bond acceptors (Lipinski definition) is 2. The molecule has 4 heteroatoms. The number of carbonyl (C=O) groups is 1. The average Bonchev–Trinajstić information content (AvgIpc) is 2.78. The minimum atomic E-state index is -0.804. The fourth-order valence-corrected chi connectivity index (χ4v) is 1.60. The van der Waals surface area contributed by atoms with E-state index in [0.29, 0.717) is 6.54 Å². The Morgan fingerprint density at radius 2 is 2.06 bits per heavy atom. The summed E-state index contributed by atoms with van der Waals surface area (Å²) in [4.78, 5) is 10.7. The lowest BCUT2D eigenvalue weighted by atomic mass is 10.1. The molecule has 1 N–H and O–H groups in total. The highest BCUT2D eigenvalue weighted by atomic mass is 16.4. The Balaban J connectivity index is 2.14. The normalized spacial score (nSPS) is 12.3. The number of carboxylic acids is 1. The molecule has 2 rings (SSSR count). The van der Waals surface area contributed by atoms with Gasteiger partial charge in [0.25, 0.3) is 0 Å². The van der Waals surface area contributed by atoms with E-state index in [9.17, 15) is 4.79 Å². The maximum absolute atomic E-state index is 10.7. The topological polar surface area (TPSA) is 55.1 Å². The number of nitrogens with zero attached hydrogens (tertiary/aromatic N) is 2. The minimum Gasteiger partial charge on any atom is -0.481 e. The van der Waals surface area contributed by atoms with Crippen molar-refractivity contribution in [2.75, 3.05) is 0 Å². The number of aromatic nitrogens is 2. The molecule has 1 aromatic heterocycles. The standard InChI is InChI=1S/C13H14N2O2/c1-10(13(16)17)8-15-9-12(7-14-15)11-5-3-2-4-6-11/h2-7,9-10H,8H2,1H3,(H,16,17). The second-order valence-corrected chi connectivity index (χ2v) is 4.06. The molecule has 1 atom stereocenters. The summed E-state index contributed by atoms with van der Waals surface area (Å²) in [6.45, 7) is 2.06. The van der Waals surface area contributed by atoms with Gasteiger partial charge in [-0.25, -0.2) is 0 Å². The van der Waals surface area contributed by atoms with Crippen molar-refractivity contribution in [3.63, 3.8) is 0 Å². The lowest BCUT2D eigenvalue weighted by Gasteiger charge is -2.05. The van der Waals surface area contributed by atoms with Gasteiger partial charge in [0.05, 0.1) is 18.7 Å². The van der Waals surface area contributed by atoms with Crippen molar-refractivity contribution < 1.29 is 9.90 Å². The molecule has 1 heterocycles. The van der Waals surface area contributed by atoms with Crippen molar-refractivity contribution in [3.05, 3.63) is 42.7 Å². The SMILES string of the molecule is CC(Cn1cc(-c2ccccc2)cn1)C(=O)O. The maximum Gasteiger partial charge on any atom is 0.308 e. The van der Waals surface area contributed by atoms with Gasteiger partial charge in [-0.15, -0.1) is 0 Å². The molecule has 0 fully saturated rings. The molecule has 1 aromatic carbocycles. The summed E-state index contributed by atoms with van der Waals surface area (Å²) in [6, 6.07) is 9.89. The van der Waals surface area contributed by atoms with E-state index in [-0.39, 0.29) is 0 Å². The Kier molecular flexibility index (Phi) is 3.23. The van der Waals surface area contributed by atoms with Crippen molar-refractivity contribution in [2.24, 2.45) is 5.92 Å². The number of rotatable bonds is 4. The molecule has 0 saturated carbocycles. The molecule has 2 aromatic rings. The van der Waals surface area contributed by atoms with Crippen LogP contribution in [0.1, 0.15) is 6.92 Å². The quantitative estimate of drug-likeness (QED) is 0.876. The number of hydrogen-bond donors (Lipinski definition) is 1. The molecule has 1 unspecified atom stereocenters. The van der Waals surface area contributed by atoms with Crippen LogP contribution in [0.15, 0.2) is 42.7 Å². The third kappa shape index (κ3) is 2.72. The van der Waals surface area contributed by atoms with Crippen LogP contribution in [0.25, 0.3) is 11.1 Å². The van der Waals surface area contributed by atoms with Gasteiger partial charge in [-0.05, 0) is 5.56 Å². The highest BCUT2D eigenvalue weighted by molar-refractivity contribution is 5.69. The number of carboxylic acid groups (broad SMARTS) is 1. The first kappa shape index (κ1) is 11.4. The summed E-state index contributed by atoms with van der Waals surface area (Å²) in [6.07, 6.45) is 3.62. The molecule has 17 heavy (non-hydrogen) atoms. The van der Waals surface area contributed by atoms with E-state index in [0.717, 1.165) is 11.1 Å². The van der Waals surface area contributed by atoms with Gasteiger partial charge in [0.15, 0.2) is 0 Å². The lowest BCUT2D eigenvalue weighted by molar-refractivity contribution is -0.141. The molecule has 4 nitrogen and oxygen atoms in total. The molecule has 0 radical (unpaired) electrons. The van der Waals surface area contributed by atoms with E-state index >= 15 is 0 Å². The highest BCUT2D eigenvalue weighted by Crippen LogP contribution is 2.17. The van der Waals surface area contributed by atoms with Crippen LogP contribution < -0.4 is 0 Å². The molecule has 88 valence electrons. The predicted molar refractivity (Wildman–Crippen MR) is 64.5 cm³/mol. The first-order valence-electron chi connectivity index (χ1n) is 5.47. The van der Waals surface area contributed by atoms with E-state index < -0.39 is 11.9 Å². The Hall–Kier alpha value is -2.10. The van der Waals surface area contributed by atoms with Gasteiger partial charge in [-0.2, -0.15) is 5.10 Å². The Morgan fingerprint density at radius 1 is 1.35 bits per heavy atom. The van der Waals surface area contributed by atoms with Gasteiger partial charge < -0.3 is 5.11 Å². The van der Waals surface area contributed by atoms with Crippen LogP contribution in [0.4, 0.5) is 0 Å². The Bertz CT molecular complexity index is 505. The first-order valence-corrected chi connectivity index (χ1v) is 5.47. The number of benzene rings is 1. The zero-order valence-electron chi connectivity index (χ0n) is 9.58. The number of aliphatic carboxylic acids is 1. The monoisotopic (exact) mass is 230 g/mol. The molecular formula is C13H14N2O2. The van der Waals surface area contributed by atoms with Gasteiger partial charge in [0.1, 0.15) is 0 Å². The molecule has 0 amide bonds. The third-order valence-electron chi connectivity index (χ3n) is 2.62. The van der Waals surface area contributed by atoms with E-state index in [2.05, 4.69) is 5.10 Å². The van der Waals surface area contributed by atoms with Crippen LogP contribution in [-0.2, 0) is 11.3 Å². The molecule has 0 aliphatic carbocycles. The van der Waals surface area contributed by atoms with Crippen LogP contribution in [0.5, 0.6) is 0 Å². The summed E-state index contributed by atoms with van der Waals surface area (Å²) < 4.78 is 1.67. The summed E-state index contributed by atoms with van der Waals surface area (Å²) in [5.74, 6) is -1.24. The zero-order chi connectivity index (χ0) is 12.3. The van der Waals surface area contributed by atoms with Crippen molar-refractivity contribution in [3.8, 4) is 11.1 Å². The van der Waals surface area contributed by atoms with E-state index in [1.54, 1.807) is 17.8 Å². The average molecular weight is 230 g/mol. The van der Waals surface area contributed by atoms with Gasteiger partial charge in [-0.3, -0.25) is 9.48 Å².